The Bertz CT molecular complexity index is 1790. The van der Waals surface area contributed by atoms with Crippen molar-refractivity contribution in [2.24, 2.45) is 11.8 Å². The number of carbonyl (C=O) groups is 8. The van der Waals surface area contributed by atoms with Crippen molar-refractivity contribution in [3.8, 4) is 0 Å². The predicted octanol–water partition coefficient (Wildman–Crippen LogP) is 3.27. The molecule has 4 unspecified atom stereocenters. The van der Waals surface area contributed by atoms with Crippen molar-refractivity contribution in [3.63, 3.8) is 0 Å². The van der Waals surface area contributed by atoms with E-state index in [-0.39, 0.29) is 51.3 Å². The van der Waals surface area contributed by atoms with Crippen molar-refractivity contribution >= 4 is 53.6 Å². The van der Waals surface area contributed by atoms with E-state index in [4.69, 9.17) is 14.2 Å². The highest BCUT2D eigenvalue weighted by Crippen LogP contribution is 2.26. The molecule has 2 rings (SSSR count). The van der Waals surface area contributed by atoms with E-state index < -0.39 is 96.0 Å². The second-order valence-electron chi connectivity index (χ2n) is 17.9. The molecule has 0 radical (unpaired) electrons. The van der Waals surface area contributed by atoms with Crippen LogP contribution in [0.2, 0.25) is 0 Å². The summed E-state index contributed by atoms with van der Waals surface area (Å²) in [5, 5.41) is 27.7. The first-order valence-corrected chi connectivity index (χ1v) is 21.4. The summed E-state index contributed by atoms with van der Waals surface area (Å²) in [5.74, 6) is -5.30. The van der Waals surface area contributed by atoms with Crippen LogP contribution >= 0.6 is 0 Å². The third-order valence-electron chi connectivity index (χ3n) is 10.3. The van der Waals surface area contributed by atoms with Crippen LogP contribution in [-0.2, 0) is 65.6 Å². The van der Waals surface area contributed by atoms with Gasteiger partial charge in [-0.2, -0.15) is 0 Å². The first kappa shape index (κ1) is 53.9. The topological polar surface area (TPSA) is 247 Å². The number of allylic oxidation sites excluding steroid dienone is 1. The molecule has 1 aromatic carbocycles. The lowest BCUT2D eigenvalue weighted by atomic mass is 9.94. The molecular formula is C45H69N5O13. The minimum Gasteiger partial charge on any atom is -0.479 e. The molecule has 0 saturated carbocycles. The van der Waals surface area contributed by atoms with Gasteiger partial charge >= 0.3 is 11.9 Å². The van der Waals surface area contributed by atoms with Crippen LogP contribution in [0.25, 0.3) is 0 Å². The van der Waals surface area contributed by atoms with Crippen LogP contribution in [0.4, 0.5) is 5.69 Å². The summed E-state index contributed by atoms with van der Waals surface area (Å²) in [4.78, 5) is 104. The van der Waals surface area contributed by atoms with E-state index in [1.807, 2.05) is 20.8 Å². The molecule has 18 heteroatoms. The Labute approximate surface area is 370 Å². The SMILES string of the molecule is C/C=C\C(=O)N(C=O)CC(=O)N(CCC(=O)NC(C(=O)NCC(=O)Nc1ccc(COC(=O)C(C)C)c(CCC2CC(O)CC(C(=O)O)O2)c1)C(C)C)C(C)(C)CCOC(C)(C)C. The van der Waals surface area contributed by atoms with Crippen molar-refractivity contribution < 1.29 is 62.8 Å². The van der Waals surface area contributed by atoms with Crippen LogP contribution in [0.1, 0.15) is 112 Å². The van der Waals surface area contributed by atoms with E-state index in [1.54, 1.807) is 66.7 Å². The van der Waals surface area contributed by atoms with E-state index in [9.17, 15) is 48.6 Å². The van der Waals surface area contributed by atoms with E-state index in [2.05, 4.69) is 16.0 Å². The molecule has 1 fully saturated rings. The van der Waals surface area contributed by atoms with Crippen LogP contribution in [0.3, 0.4) is 0 Å². The molecule has 5 N–H and O–H groups in total. The molecule has 1 aliphatic heterocycles. The number of nitrogens with zero attached hydrogens (tertiary/aromatic N) is 2. The summed E-state index contributed by atoms with van der Waals surface area (Å²) in [6.07, 6.45) is 1.45. The van der Waals surface area contributed by atoms with Gasteiger partial charge in [0.05, 0.1) is 30.3 Å². The quantitative estimate of drug-likeness (QED) is 0.0569. The van der Waals surface area contributed by atoms with E-state index >= 15 is 0 Å². The van der Waals surface area contributed by atoms with E-state index in [1.165, 1.54) is 11.0 Å². The monoisotopic (exact) mass is 887 g/mol. The number of anilines is 1. The molecule has 4 atom stereocenters. The zero-order valence-corrected chi connectivity index (χ0v) is 38.5. The average Bonchev–Trinajstić information content (AvgIpc) is 3.18. The van der Waals surface area contributed by atoms with Crippen LogP contribution < -0.4 is 16.0 Å². The first-order valence-electron chi connectivity index (χ1n) is 21.4. The summed E-state index contributed by atoms with van der Waals surface area (Å²) in [5.41, 5.74) is 0.408. The second-order valence-corrected chi connectivity index (χ2v) is 17.9. The normalized spacial score (nSPS) is 17.2. The Hall–Kier alpha value is -5.20. The Morgan fingerprint density at radius 1 is 0.984 bits per heavy atom. The number of rotatable bonds is 24. The molecule has 0 spiro atoms. The van der Waals surface area contributed by atoms with E-state index in [0.29, 0.717) is 36.1 Å². The molecule has 352 valence electrons. The van der Waals surface area contributed by atoms with Gasteiger partial charge in [0.25, 0.3) is 5.91 Å². The number of hydrogen-bond acceptors (Lipinski definition) is 12. The molecule has 0 aromatic heterocycles. The van der Waals surface area contributed by atoms with Gasteiger partial charge in [0.2, 0.25) is 30.0 Å². The van der Waals surface area contributed by atoms with Crippen LogP contribution in [0, 0.1) is 11.8 Å². The summed E-state index contributed by atoms with van der Waals surface area (Å²) in [6.45, 7) is 16.9. The van der Waals surface area contributed by atoms with Crippen molar-refractivity contribution in [2.75, 3.05) is 31.6 Å². The van der Waals surface area contributed by atoms with E-state index in [0.717, 1.165) is 11.0 Å². The number of aliphatic hydroxyl groups excluding tert-OH is 1. The zero-order valence-electron chi connectivity index (χ0n) is 38.5. The Morgan fingerprint density at radius 2 is 1.67 bits per heavy atom. The smallest absolute Gasteiger partial charge is 0.332 e. The molecular weight excluding hydrogens is 819 g/mol. The Balaban J connectivity index is 2.14. The van der Waals surface area contributed by atoms with Crippen molar-refractivity contribution in [3.05, 3.63) is 41.5 Å². The number of ether oxygens (including phenoxy) is 3. The first-order chi connectivity index (χ1) is 29.4. The number of benzene rings is 1. The standard InChI is InChI=1S/C45H69N5O13/c1-11-12-38(55)49(27-51)25-39(56)50(45(9,10)18-20-62-44(6,7)8)19-17-36(53)48-40(28(2)3)41(57)46-24-37(54)47-32-15-13-31(26-61-43(60)29(4)5)30(21-32)14-16-34-22-33(52)23-35(63-34)42(58)59/h11-13,15,21,27-29,33-35,40,52H,14,16-20,22-26H2,1-10H3,(H,46,57)(H,47,54)(H,48,53)(H,58,59)/b12-11-. The zero-order chi connectivity index (χ0) is 47.7. The number of esters is 1. The highest BCUT2D eigenvalue weighted by Gasteiger charge is 2.35. The molecule has 0 aliphatic carbocycles. The number of imide groups is 1. The number of nitrogens with one attached hydrogen (secondary N) is 3. The minimum atomic E-state index is -1.16. The van der Waals surface area contributed by atoms with Crippen molar-refractivity contribution in [1.29, 1.82) is 0 Å². The molecule has 1 aromatic rings. The molecule has 0 bridgehead atoms. The molecule has 18 nitrogen and oxygen atoms in total. The fourth-order valence-corrected chi connectivity index (χ4v) is 6.66. The lowest BCUT2D eigenvalue weighted by molar-refractivity contribution is -0.166. The lowest BCUT2D eigenvalue weighted by Gasteiger charge is -2.40. The Morgan fingerprint density at radius 3 is 2.25 bits per heavy atom. The third-order valence-corrected chi connectivity index (χ3v) is 10.3. The number of carboxylic acids is 1. The summed E-state index contributed by atoms with van der Waals surface area (Å²) < 4.78 is 17.0. The van der Waals surface area contributed by atoms with Crippen LogP contribution in [0.15, 0.2) is 30.4 Å². The van der Waals surface area contributed by atoms with Gasteiger partial charge in [0.15, 0.2) is 6.10 Å². The lowest BCUT2D eigenvalue weighted by Crippen LogP contribution is -2.54. The van der Waals surface area contributed by atoms with Crippen LogP contribution in [-0.4, -0.2) is 130 Å². The van der Waals surface area contributed by atoms with Gasteiger partial charge < -0.3 is 45.3 Å². The number of amides is 6. The molecule has 1 saturated heterocycles. The maximum Gasteiger partial charge on any atom is 0.332 e. The number of carbonyl (C=O) groups excluding carboxylic acids is 7. The van der Waals surface area contributed by atoms with Gasteiger partial charge in [0.1, 0.15) is 19.2 Å². The third kappa shape index (κ3) is 19.0. The summed E-state index contributed by atoms with van der Waals surface area (Å²) in [6, 6.07) is 3.94. The number of aryl methyl sites for hydroxylation is 1. The number of aliphatic carboxylic acids is 1. The maximum atomic E-state index is 13.6. The summed E-state index contributed by atoms with van der Waals surface area (Å²) in [7, 11) is 0. The van der Waals surface area contributed by atoms with Gasteiger partial charge in [-0.05, 0) is 102 Å². The van der Waals surface area contributed by atoms with Crippen molar-refractivity contribution in [1.82, 2.24) is 20.4 Å². The number of carboxylic acid groups (broad SMARTS) is 1. The Kier molecular flexibility index (Phi) is 21.6. The predicted molar refractivity (Wildman–Crippen MR) is 233 cm³/mol. The maximum absolute atomic E-state index is 13.6. The number of aliphatic hydroxyl groups is 1. The van der Waals surface area contributed by atoms with Gasteiger partial charge in [-0.15, -0.1) is 0 Å². The van der Waals surface area contributed by atoms with Gasteiger partial charge in [0, 0.05) is 37.2 Å². The fraction of sp³-hybridized carbons (Fsp3) is 0.644. The largest absolute Gasteiger partial charge is 0.479 e. The second kappa shape index (κ2) is 25.2. The highest BCUT2D eigenvalue weighted by molar-refractivity contribution is 5.98. The summed E-state index contributed by atoms with van der Waals surface area (Å²) >= 11 is 0. The fourth-order valence-electron chi connectivity index (χ4n) is 6.66. The average molecular weight is 888 g/mol. The minimum absolute atomic E-state index is 0.00939. The number of hydrogen-bond donors (Lipinski definition) is 5. The van der Waals surface area contributed by atoms with Gasteiger partial charge in [-0.25, -0.2) is 4.79 Å². The molecule has 1 aliphatic rings. The van der Waals surface area contributed by atoms with Gasteiger partial charge in [-0.1, -0.05) is 39.8 Å². The molecule has 1 heterocycles. The highest BCUT2D eigenvalue weighted by atomic mass is 16.5. The van der Waals surface area contributed by atoms with Crippen LogP contribution in [0.5, 0.6) is 0 Å². The molecule has 6 amide bonds. The van der Waals surface area contributed by atoms with Crippen molar-refractivity contribution in [2.45, 2.75) is 150 Å². The van der Waals surface area contributed by atoms with Gasteiger partial charge in [-0.3, -0.25) is 38.5 Å². The molecule has 63 heavy (non-hydrogen) atoms.